The van der Waals surface area contributed by atoms with Gasteiger partial charge in [-0.25, -0.2) is 0 Å². The van der Waals surface area contributed by atoms with Gasteiger partial charge in [-0.3, -0.25) is 0 Å². The summed E-state index contributed by atoms with van der Waals surface area (Å²) in [7, 11) is 0. The summed E-state index contributed by atoms with van der Waals surface area (Å²) < 4.78 is 11.3. The minimum Gasteiger partial charge on any atom is -0.491 e. The minimum atomic E-state index is 0.251. The minimum absolute atomic E-state index is 0.251. The van der Waals surface area contributed by atoms with Crippen molar-refractivity contribution in [3.05, 3.63) is 59.1 Å². The maximum Gasteiger partial charge on any atom is 0.119 e. The first kappa shape index (κ1) is 15.2. The molecule has 1 unspecified atom stereocenters. The molecule has 0 aliphatic carbocycles. The Kier molecular flexibility index (Phi) is 5.20. The van der Waals surface area contributed by atoms with Gasteiger partial charge >= 0.3 is 0 Å². The molecule has 0 amide bonds. The molecule has 0 bridgehead atoms. The van der Waals surface area contributed by atoms with Crippen molar-refractivity contribution < 1.29 is 9.47 Å². The summed E-state index contributed by atoms with van der Waals surface area (Å²) in [6.07, 6.45) is 2.49. The molecule has 2 aromatic rings. The molecule has 3 nitrogen and oxygen atoms in total. The lowest BCUT2D eigenvalue weighted by molar-refractivity contribution is 0.0679. The molecule has 1 N–H and O–H groups in total. The van der Waals surface area contributed by atoms with E-state index in [0.717, 1.165) is 42.5 Å². The quantitative estimate of drug-likeness (QED) is 0.850. The van der Waals surface area contributed by atoms with E-state index >= 15 is 0 Å². The van der Waals surface area contributed by atoms with Crippen LogP contribution in [0, 0.1) is 0 Å². The first-order chi connectivity index (χ1) is 10.8. The van der Waals surface area contributed by atoms with Crippen LogP contribution in [-0.2, 0) is 11.3 Å². The Bertz CT molecular complexity index is 594. The van der Waals surface area contributed by atoms with Gasteiger partial charge in [0.2, 0.25) is 0 Å². The zero-order valence-corrected chi connectivity index (χ0v) is 13.2. The van der Waals surface area contributed by atoms with Gasteiger partial charge in [-0.1, -0.05) is 35.9 Å². The van der Waals surface area contributed by atoms with E-state index < -0.39 is 0 Å². The van der Waals surface area contributed by atoms with Gasteiger partial charge in [0, 0.05) is 13.2 Å². The predicted molar refractivity (Wildman–Crippen MR) is 89.7 cm³/mol. The summed E-state index contributed by atoms with van der Waals surface area (Å²) >= 11 is 6.12. The van der Waals surface area contributed by atoms with Crippen molar-refractivity contribution in [2.75, 3.05) is 18.5 Å². The predicted octanol–water partition coefficient (Wildman–Crippen LogP) is 4.51. The van der Waals surface area contributed by atoms with E-state index in [0.29, 0.717) is 6.61 Å². The molecule has 0 spiro atoms. The molecule has 1 aliphatic rings. The third-order valence-corrected chi connectivity index (χ3v) is 4.07. The molecule has 1 atom stereocenters. The highest BCUT2D eigenvalue weighted by atomic mass is 35.5. The van der Waals surface area contributed by atoms with Gasteiger partial charge in [0.25, 0.3) is 0 Å². The summed E-state index contributed by atoms with van der Waals surface area (Å²) in [5.41, 5.74) is 2.13. The first-order valence-corrected chi connectivity index (χ1v) is 8.01. The third-order valence-electron chi connectivity index (χ3n) is 3.74. The van der Waals surface area contributed by atoms with Gasteiger partial charge in [0.05, 0.1) is 16.8 Å². The number of ether oxygens (including phenoxy) is 2. The normalized spacial score (nSPS) is 17.4. The van der Waals surface area contributed by atoms with Crippen molar-refractivity contribution in [2.45, 2.75) is 25.5 Å². The summed E-state index contributed by atoms with van der Waals surface area (Å²) in [4.78, 5) is 0. The molecular formula is C18H20ClNO2. The van der Waals surface area contributed by atoms with Crippen molar-refractivity contribution in [1.82, 2.24) is 0 Å². The molecular weight excluding hydrogens is 298 g/mol. The van der Waals surface area contributed by atoms with Crippen LogP contribution < -0.4 is 10.1 Å². The maximum atomic E-state index is 6.12. The zero-order chi connectivity index (χ0) is 15.2. The first-order valence-electron chi connectivity index (χ1n) is 7.63. The standard InChI is InChI=1S/C18H20ClNO2/c19-17-5-1-2-6-18(17)20-12-14-7-9-15(10-8-14)22-13-16-4-3-11-21-16/h1-2,5-10,16,20H,3-4,11-13H2. The fourth-order valence-electron chi connectivity index (χ4n) is 2.47. The molecule has 1 saturated heterocycles. The smallest absolute Gasteiger partial charge is 0.119 e. The summed E-state index contributed by atoms with van der Waals surface area (Å²) in [5, 5.41) is 4.07. The van der Waals surface area contributed by atoms with Crippen LogP contribution in [0.4, 0.5) is 5.69 Å². The van der Waals surface area contributed by atoms with Crippen molar-refractivity contribution in [3.8, 4) is 5.75 Å². The number of para-hydroxylation sites is 1. The Morgan fingerprint density at radius 1 is 1.14 bits per heavy atom. The number of hydrogen-bond acceptors (Lipinski definition) is 3. The second-order valence-electron chi connectivity index (χ2n) is 5.42. The largest absolute Gasteiger partial charge is 0.491 e. The number of hydrogen-bond donors (Lipinski definition) is 1. The summed E-state index contributed by atoms with van der Waals surface area (Å²) in [5.74, 6) is 0.886. The zero-order valence-electron chi connectivity index (χ0n) is 12.4. The Morgan fingerprint density at radius 2 is 1.95 bits per heavy atom. The van der Waals surface area contributed by atoms with Crippen LogP contribution in [0.15, 0.2) is 48.5 Å². The van der Waals surface area contributed by atoms with Crippen LogP contribution in [0.2, 0.25) is 5.02 Å². The second-order valence-corrected chi connectivity index (χ2v) is 5.83. The number of benzene rings is 2. The van der Waals surface area contributed by atoms with Crippen LogP contribution in [0.25, 0.3) is 0 Å². The van der Waals surface area contributed by atoms with Crippen LogP contribution in [0.3, 0.4) is 0 Å². The van der Waals surface area contributed by atoms with Crippen molar-refractivity contribution >= 4 is 17.3 Å². The van der Waals surface area contributed by atoms with Gasteiger partial charge in [-0.15, -0.1) is 0 Å². The Morgan fingerprint density at radius 3 is 2.68 bits per heavy atom. The highest BCUT2D eigenvalue weighted by Gasteiger charge is 2.15. The van der Waals surface area contributed by atoms with Gasteiger partial charge in [0.1, 0.15) is 12.4 Å². The van der Waals surface area contributed by atoms with Gasteiger partial charge in [-0.2, -0.15) is 0 Å². The Hall–Kier alpha value is -1.71. The molecule has 3 rings (SSSR count). The van der Waals surface area contributed by atoms with Crippen LogP contribution >= 0.6 is 11.6 Å². The summed E-state index contributed by atoms with van der Waals surface area (Å²) in [6.45, 7) is 2.23. The number of rotatable bonds is 6. The van der Waals surface area contributed by atoms with Crippen LogP contribution in [0.1, 0.15) is 18.4 Å². The van der Waals surface area contributed by atoms with Crippen LogP contribution in [0.5, 0.6) is 5.75 Å². The van der Waals surface area contributed by atoms with Crippen molar-refractivity contribution in [3.63, 3.8) is 0 Å². The fourth-order valence-corrected chi connectivity index (χ4v) is 2.67. The third kappa shape index (κ3) is 4.15. The SMILES string of the molecule is Clc1ccccc1NCc1ccc(OCC2CCCO2)cc1. The molecule has 22 heavy (non-hydrogen) atoms. The van der Waals surface area contributed by atoms with Gasteiger partial charge < -0.3 is 14.8 Å². The molecule has 1 heterocycles. The molecule has 116 valence electrons. The lowest BCUT2D eigenvalue weighted by Crippen LogP contribution is -2.16. The highest BCUT2D eigenvalue weighted by molar-refractivity contribution is 6.33. The molecule has 0 radical (unpaired) electrons. The number of halogens is 1. The maximum absolute atomic E-state index is 6.12. The molecule has 0 aromatic heterocycles. The van der Waals surface area contributed by atoms with Crippen LogP contribution in [-0.4, -0.2) is 19.3 Å². The lowest BCUT2D eigenvalue weighted by atomic mass is 10.2. The summed E-state index contributed by atoms with van der Waals surface area (Å²) in [6, 6.07) is 15.9. The fraction of sp³-hybridized carbons (Fsp3) is 0.333. The molecule has 1 fully saturated rings. The number of nitrogens with one attached hydrogen (secondary N) is 1. The monoisotopic (exact) mass is 317 g/mol. The van der Waals surface area contributed by atoms with E-state index in [4.69, 9.17) is 21.1 Å². The lowest BCUT2D eigenvalue weighted by Gasteiger charge is -2.12. The molecule has 0 saturated carbocycles. The molecule has 1 aliphatic heterocycles. The van der Waals surface area contributed by atoms with E-state index in [1.165, 1.54) is 5.56 Å². The van der Waals surface area contributed by atoms with E-state index in [9.17, 15) is 0 Å². The topological polar surface area (TPSA) is 30.5 Å². The highest BCUT2D eigenvalue weighted by Crippen LogP contribution is 2.22. The van der Waals surface area contributed by atoms with Gasteiger partial charge in [-0.05, 0) is 42.7 Å². The van der Waals surface area contributed by atoms with E-state index in [1.54, 1.807) is 0 Å². The average molecular weight is 318 g/mol. The second kappa shape index (κ2) is 7.52. The molecule has 2 aromatic carbocycles. The number of anilines is 1. The van der Waals surface area contributed by atoms with E-state index in [2.05, 4.69) is 17.4 Å². The Balaban J connectivity index is 1.49. The van der Waals surface area contributed by atoms with Crippen molar-refractivity contribution in [2.24, 2.45) is 0 Å². The van der Waals surface area contributed by atoms with Gasteiger partial charge in [0.15, 0.2) is 0 Å². The van der Waals surface area contributed by atoms with E-state index in [-0.39, 0.29) is 6.10 Å². The van der Waals surface area contributed by atoms with Crippen molar-refractivity contribution in [1.29, 1.82) is 0 Å². The Labute approximate surface area is 136 Å². The van der Waals surface area contributed by atoms with E-state index in [1.807, 2.05) is 36.4 Å². The molecule has 4 heteroatoms. The average Bonchev–Trinajstić information content (AvgIpc) is 3.07.